The predicted molar refractivity (Wildman–Crippen MR) is 80.8 cm³/mol. The summed E-state index contributed by atoms with van der Waals surface area (Å²) in [6.07, 6.45) is 2.52. The first-order valence-corrected chi connectivity index (χ1v) is 7.20. The van der Waals surface area contributed by atoms with Gasteiger partial charge in [0.2, 0.25) is 0 Å². The molecule has 0 spiro atoms. The number of hydrogen-bond donors (Lipinski definition) is 1. The Morgan fingerprint density at radius 1 is 1.47 bits per heavy atom. The van der Waals surface area contributed by atoms with Crippen molar-refractivity contribution < 1.29 is 0 Å². The fraction of sp³-hybridized carbons (Fsp3) is 0.643. The van der Waals surface area contributed by atoms with E-state index in [1.165, 1.54) is 12.8 Å². The van der Waals surface area contributed by atoms with Crippen LogP contribution >= 0.6 is 11.6 Å². The zero-order chi connectivity index (χ0) is 13.8. The Morgan fingerprint density at radius 2 is 2.26 bits per heavy atom. The zero-order valence-electron chi connectivity index (χ0n) is 12.0. The van der Waals surface area contributed by atoms with Crippen LogP contribution in [0.15, 0.2) is 12.1 Å². The number of likely N-dealkylation sites (N-methyl/N-ethyl adjacent to an activating group) is 1. The van der Waals surface area contributed by atoms with E-state index in [4.69, 9.17) is 11.6 Å². The molecule has 1 N–H and O–H groups in total. The molecular weight excluding hydrogens is 260 g/mol. The summed E-state index contributed by atoms with van der Waals surface area (Å²) in [5.41, 5.74) is 0.966. The normalized spacial score (nSPS) is 20.8. The summed E-state index contributed by atoms with van der Waals surface area (Å²) in [6, 6.07) is 4.47. The molecule has 1 saturated heterocycles. The Bertz CT molecular complexity index is 422. The van der Waals surface area contributed by atoms with E-state index in [-0.39, 0.29) is 0 Å². The van der Waals surface area contributed by atoms with E-state index < -0.39 is 0 Å². The van der Waals surface area contributed by atoms with Gasteiger partial charge in [-0.15, -0.1) is 0 Å². The number of anilines is 1. The average molecular weight is 283 g/mol. The van der Waals surface area contributed by atoms with Crippen molar-refractivity contribution in [1.82, 2.24) is 14.8 Å². The minimum absolute atomic E-state index is 0.639. The highest BCUT2D eigenvalue weighted by Crippen LogP contribution is 2.21. The number of likely N-dealkylation sites (tertiary alicyclic amines) is 1. The highest BCUT2D eigenvalue weighted by atomic mass is 35.5. The molecular formula is C14H23ClN4. The molecule has 1 unspecified atom stereocenters. The van der Waals surface area contributed by atoms with Crippen LogP contribution in [0.2, 0.25) is 5.02 Å². The minimum atomic E-state index is 0.639. The van der Waals surface area contributed by atoms with Gasteiger partial charge >= 0.3 is 0 Å². The van der Waals surface area contributed by atoms with Gasteiger partial charge in [-0.3, -0.25) is 4.90 Å². The summed E-state index contributed by atoms with van der Waals surface area (Å²) < 4.78 is 0. The summed E-state index contributed by atoms with van der Waals surface area (Å²) in [6.45, 7) is 3.06. The molecule has 1 aromatic heterocycles. The maximum absolute atomic E-state index is 6.24. The van der Waals surface area contributed by atoms with Crippen molar-refractivity contribution in [2.24, 2.45) is 0 Å². The van der Waals surface area contributed by atoms with Gasteiger partial charge < -0.3 is 10.2 Å². The summed E-state index contributed by atoms with van der Waals surface area (Å²) in [5, 5.41) is 3.82. The standard InChI is InChI=1S/C14H23ClN4/c1-16-14-7-6-12(15)13(17-14)10-19-8-4-5-11(9-19)18(2)3/h6-7,11H,4-5,8-10H2,1-3H3,(H,16,17). The van der Waals surface area contributed by atoms with E-state index >= 15 is 0 Å². The van der Waals surface area contributed by atoms with Crippen LogP contribution in [-0.4, -0.2) is 55.1 Å². The molecule has 2 heterocycles. The smallest absolute Gasteiger partial charge is 0.126 e. The van der Waals surface area contributed by atoms with Gasteiger partial charge in [-0.25, -0.2) is 4.98 Å². The number of hydrogen-bond acceptors (Lipinski definition) is 4. The first-order valence-electron chi connectivity index (χ1n) is 6.82. The second kappa shape index (κ2) is 6.55. The molecule has 1 fully saturated rings. The third kappa shape index (κ3) is 3.81. The second-order valence-corrected chi connectivity index (χ2v) is 5.78. The molecule has 19 heavy (non-hydrogen) atoms. The SMILES string of the molecule is CNc1ccc(Cl)c(CN2CCCC(N(C)C)C2)n1. The summed E-state index contributed by atoms with van der Waals surface area (Å²) in [7, 11) is 6.19. The fourth-order valence-electron chi connectivity index (χ4n) is 2.54. The van der Waals surface area contributed by atoms with Crippen molar-refractivity contribution in [3.05, 3.63) is 22.8 Å². The number of pyridine rings is 1. The average Bonchev–Trinajstić information content (AvgIpc) is 2.41. The van der Waals surface area contributed by atoms with Gasteiger partial charge in [0.05, 0.1) is 10.7 Å². The first-order chi connectivity index (χ1) is 9.10. The van der Waals surface area contributed by atoms with Crippen molar-refractivity contribution in [3.63, 3.8) is 0 Å². The fourth-order valence-corrected chi connectivity index (χ4v) is 2.71. The Morgan fingerprint density at radius 3 is 2.95 bits per heavy atom. The lowest BCUT2D eigenvalue weighted by Crippen LogP contribution is -2.44. The topological polar surface area (TPSA) is 31.4 Å². The van der Waals surface area contributed by atoms with Crippen molar-refractivity contribution in [1.29, 1.82) is 0 Å². The Balaban J connectivity index is 2.04. The third-order valence-electron chi connectivity index (χ3n) is 3.76. The molecule has 0 amide bonds. The number of nitrogens with one attached hydrogen (secondary N) is 1. The lowest BCUT2D eigenvalue weighted by Gasteiger charge is -2.36. The van der Waals surface area contributed by atoms with E-state index in [1.807, 2.05) is 19.2 Å². The Labute approximate surface area is 120 Å². The van der Waals surface area contributed by atoms with Gasteiger partial charge in [-0.1, -0.05) is 11.6 Å². The van der Waals surface area contributed by atoms with Crippen LogP contribution in [0.3, 0.4) is 0 Å². The van der Waals surface area contributed by atoms with E-state index in [0.29, 0.717) is 6.04 Å². The highest BCUT2D eigenvalue weighted by Gasteiger charge is 2.22. The van der Waals surface area contributed by atoms with Crippen LogP contribution in [0, 0.1) is 0 Å². The monoisotopic (exact) mass is 282 g/mol. The van der Waals surface area contributed by atoms with Crippen LogP contribution in [0.25, 0.3) is 0 Å². The molecule has 1 atom stereocenters. The van der Waals surface area contributed by atoms with E-state index in [2.05, 4.69) is 34.2 Å². The molecule has 1 aromatic rings. The summed E-state index contributed by atoms with van der Waals surface area (Å²) in [5.74, 6) is 0.876. The molecule has 2 rings (SSSR count). The van der Waals surface area contributed by atoms with Gasteiger partial charge in [0.1, 0.15) is 5.82 Å². The maximum atomic E-state index is 6.24. The predicted octanol–water partition coefficient (Wildman–Crippen LogP) is 2.30. The van der Waals surface area contributed by atoms with Crippen LogP contribution in [0.5, 0.6) is 0 Å². The van der Waals surface area contributed by atoms with Crippen molar-refractivity contribution in [2.75, 3.05) is 39.5 Å². The second-order valence-electron chi connectivity index (χ2n) is 5.37. The number of aromatic nitrogens is 1. The van der Waals surface area contributed by atoms with Crippen LogP contribution in [-0.2, 0) is 6.54 Å². The zero-order valence-corrected chi connectivity index (χ0v) is 12.7. The van der Waals surface area contributed by atoms with Gasteiger partial charge in [0.25, 0.3) is 0 Å². The van der Waals surface area contributed by atoms with Crippen LogP contribution < -0.4 is 5.32 Å². The van der Waals surface area contributed by atoms with Gasteiger partial charge in [-0.05, 0) is 45.6 Å². The summed E-state index contributed by atoms with van der Waals surface area (Å²) >= 11 is 6.24. The number of piperidine rings is 1. The van der Waals surface area contributed by atoms with E-state index in [9.17, 15) is 0 Å². The number of halogens is 1. The molecule has 4 nitrogen and oxygen atoms in total. The number of rotatable bonds is 4. The molecule has 106 valence electrons. The molecule has 0 aromatic carbocycles. The number of nitrogens with zero attached hydrogens (tertiary/aromatic N) is 3. The van der Waals surface area contributed by atoms with Crippen molar-refractivity contribution in [3.8, 4) is 0 Å². The minimum Gasteiger partial charge on any atom is -0.373 e. The first kappa shape index (κ1) is 14.6. The summed E-state index contributed by atoms with van der Waals surface area (Å²) in [4.78, 5) is 9.31. The van der Waals surface area contributed by atoms with Gasteiger partial charge in [-0.2, -0.15) is 0 Å². The third-order valence-corrected chi connectivity index (χ3v) is 4.10. The highest BCUT2D eigenvalue weighted by molar-refractivity contribution is 6.31. The molecule has 1 aliphatic heterocycles. The lowest BCUT2D eigenvalue weighted by molar-refractivity contribution is 0.127. The molecule has 1 aliphatic rings. The molecule has 0 bridgehead atoms. The van der Waals surface area contributed by atoms with Crippen LogP contribution in [0.1, 0.15) is 18.5 Å². The molecule has 5 heteroatoms. The maximum Gasteiger partial charge on any atom is 0.126 e. The van der Waals surface area contributed by atoms with Crippen LogP contribution in [0.4, 0.5) is 5.82 Å². The lowest BCUT2D eigenvalue weighted by atomic mass is 10.0. The van der Waals surface area contributed by atoms with Gasteiger partial charge in [0.15, 0.2) is 0 Å². The van der Waals surface area contributed by atoms with Gasteiger partial charge in [0, 0.05) is 26.2 Å². The Hall–Kier alpha value is -0.840. The van der Waals surface area contributed by atoms with Crippen molar-refractivity contribution >= 4 is 17.4 Å². The quantitative estimate of drug-likeness (QED) is 0.918. The Kier molecular flexibility index (Phi) is 5.02. The van der Waals surface area contributed by atoms with E-state index in [0.717, 1.165) is 36.2 Å². The molecule has 0 radical (unpaired) electrons. The van der Waals surface area contributed by atoms with Crippen molar-refractivity contribution in [2.45, 2.75) is 25.4 Å². The van der Waals surface area contributed by atoms with E-state index in [1.54, 1.807) is 0 Å². The molecule has 0 aliphatic carbocycles. The largest absolute Gasteiger partial charge is 0.373 e. The molecule has 0 saturated carbocycles.